The first kappa shape index (κ1) is 15.8. The molecule has 1 aromatic carbocycles. The number of para-hydroxylation sites is 2. The van der Waals surface area contributed by atoms with E-state index in [9.17, 15) is 4.79 Å². The Balaban J connectivity index is 1.84. The highest BCUT2D eigenvalue weighted by molar-refractivity contribution is 5.92. The molecule has 1 aliphatic heterocycles. The molecule has 116 valence electrons. The second-order valence-electron chi connectivity index (χ2n) is 5.86. The zero-order chi connectivity index (χ0) is 15.1. The van der Waals surface area contributed by atoms with Crippen LogP contribution in [-0.4, -0.2) is 36.5 Å². The number of anilines is 1. The van der Waals surface area contributed by atoms with Crippen LogP contribution in [0.2, 0.25) is 0 Å². The molecule has 0 aliphatic carbocycles. The normalized spacial score (nSPS) is 16.0. The van der Waals surface area contributed by atoms with Gasteiger partial charge in [0, 0.05) is 13.0 Å². The van der Waals surface area contributed by atoms with Crippen LogP contribution in [0.25, 0.3) is 0 Å². The van der Waals surface area contributed by atoms with Gasteiger partial charge in [-0.3, -0.25) is 4.79 Å². The molecule has 0 aromatic heterocycles. The number of ether oxygens (including phenoxy) is 1. The summed E-state index contributed by atoms with van der Waals surface area (Å²) in [5, 5.41) is 2.96. The monoisotopic (exact) mass is 290 g/mol. The molecule has 0 atom stereocenters. The smallest absolute Gasteiger partial charge is 0.225 e. The number of benzene rings is 1. The van der Waals surface area contributed by atoms with Gasteiger partial charge in [0.1, 0.15) is 5.75 Å². The van der Waals surface area contributed by atoms with Gasteiger partial charge in [-0.2, -0.15) is 0 Å². The van der Waals surface area contributed by atoms with Crippen molar-refractivity contribution < 1.29 is 9.53 Å². The summed E-state index contributed by atoms with van der Waals surface area (Å²) in [6, 6.07) is 7.60. The first-order chi connectivity index (χ1) is 10.1. The molecular weight excluding hydrogens is 264 g/mol. The number of nitrogens with zero attached hydrogens (tertiary/aromatic N) is 1. The number of carbonyl (C=O) groups excluding carboxylic acids is 1. The third-order valence-electron chi connectivity index (χ3n) is 3.63. The summed E-state index contributed by atoms with van der Waals surface area (Å²) in [6.45, 7) is 7.06. The number of hydrogen-bond donors (Lipinski definition) is 1. The Bertz CT molecular complexity index is 454. The first-order valence-electron chi connectivity index (χ1n) is 7.93. The number of amides is 1. The van der Waals surface area contributed by atoms with Gasteiger partial charge in [-0.15, -0.1) is 0 Å². The summed E-state index contributed by atoms with van der Waals surface area (Å²) in [6.07, 6.45) is 4.47. The van der Waals surface area contributed by atoms with Crippen LogP contribution in [0.4, 0.5) is 5.69 Å². The topological polar surface area (TPSA) is 41.6 Å². The van der Waals surface area contributed by atoms with Crippen LogP contribution in [0.15, 0.2) is 24.3 Å². The van der Waals surface area contributed by atoms with Gasteiger partial charge in [-0.1, -0.05) is 18.6 Å². The first-order valence-corrected chi connectivity index (χ1v) is 7.93. The standard InChI is InChI=1S/C17H26N2O2/c1-14(2)21-16-9-5-4-8-15(16)18-17(20)10-13-19-11-6-3-7-12-19/h4-5,8-9,14H,3,6-7,10-13H2,1-2H3,(H,18,20). The van der Waals surface area contributed by atoms with Gasteiger partial charge in [-0.25, -0.2) is 0 Å². The predicted octanol–water partition coefficient (Wildman–Crippen LogP) is 3.29. The Morgan fingerprint density at radius 1 is 1.24 bits per heavy atom. The van der Waals surface area contributed by atoms with Crippen LogP contribution < -0.4 is 10.1 Å². The average molecular weight is 290 g/mol. The minimum Gasteiger partial charge on any atom is -0.489 e. The molecule has 0 unspecified atom stereocenters. The van der Waals surface area contributed by atoms with Crippen molar-refractivity contribution in [3.63, 3.8) is 0 Å². The molecule has 21 heavy (non-hydrogen) atoms. The number of likely N-dealkylation sites (tertiary alicyclic amines) is 1. The van der Waals surface area contributed by atoms with Crippen LogP contribution in [0.3, 0.4) is 0 Å². The van der Waals surface area contributed by atoms with E-state index in [0.29, 0.717) is 6.42 Å². The van der Waals surface area contributed by atoms with E-state index < -0.39 is 0 Å². The number of carbonyl (C=O) groups is 1. The fourth-order valence-corrected chi connectivity index (χ4v) is 2.58. The van der Waals surface area contributed by atoms with E-state index in [0.717, 1.165) is 31.1 Å². The lowest BCUT2D eigenvalue weighted by Crippen LogP contribution is -2.32. The molecule has 1 aromatic rings. The fourth-order valence-electron chi connectivity index (χ4n) is 2.58. The van der Waals surface area contributed by atoms with Crippen molar-refractivity contribution in [2.45, 2.75) is 45.6 Å². The maximum Gasteiger partial charge on any atom is 0.225 e. The molecule has 1 N–H and O–H groups in total. The van der Waals surface area contributed by atoms with E-state index in [1.54, 1.807) is 0 Å². The third-order valence-corrected chi connectivity index (χ3v) is 3.63. The molecular formula is C17H26N2O2. The van der Waals surface area contributed by atoms with E-state index in [-0.39, 0.29) is 12.0 Å². The number of hydrogen-bond acceptors (Lipinski definition) is 3. The second kappa shape index (κ2) is 8.03. The third kappa shape index (κ3) is 5.38. The number of rotatable bonds is 6. The van der Waals surface area contributed by atoms with E-state index in [2.05, 4.69) is 10.2 Å². The molecule has 4 heteroatoms. The highest BCUT2D eigenvalue weighted by atomic mass is 16.5. The van der Waals surface area contributed by atoms with Gasteiger partial charge in [0.05, 0.1) is 11.8 Å². The summed E-state index contributed by atoms with van der Waals surface area (Å²) >= 11 is 0. The van der Waals surface area contributed by atoms with E-state index in [4.69, 9.17) is 4.74 Å². The van der Waals surface area contributed by atoms with Crippen molar-refractivity contribution in [3.8, 4) is 5.75 Å². The van der Waals surface area contributed by atoms with Crippen molar-refractivity contribution in [2.75, 3.05) is 25.0 Å². The highest BCUT2D eigenvalue weighted by Crippen LogP contribution is 2.25. The number of nitrogens with one attached hydrogen (secondary N) is 1. The lowest BCUT2D eigenvalue weighted by molar-refractivity contribution is -0.116. The number of piperidine rings is 1. The Kier molecular flexibility index (Phi) is 6.05. The molecule has 2 rings (SSSR count). The van der Waals surface area contributed by atoms with Crippen molar-refractivity contribution in [2.24, 2.45) is 0 Å². The minimum atomic E-state index is 0.0559. The van der Waals surface area contributed by atoms with Crippen molar-refractivity contribution >= 4 is 11.6 Å². The van der Waals surface area contributed by atoms with Crippen LogP contribution >= 0.6 is 0 Å². The molecule has 1 heterocycles. The van der Waals surface area contributed by atoms with Gasteiger partial charge in [0.15, 0.2) is 0 Å². The zero-order valence-electron chi connectivity index (χ0n) is 13.1. The maximum atomic E-state index is 12.1. The molecule has 0 spiro atoms. The highest BCUT2D eigenvalue weighted by Gasteiger charge is 2.13. The summed E-state index contributed by atoms with van der Waals surface area (Å²) < 4.78 is 5.72. The van der Waals surface area contributed by atoms with Crippen LogP contribution in [0.5, 0.6) is 5.75 Å². The van der Waals surface area contributed by atoms with Crippen molar-refractivity contribution in [1.29, 1.82) is 0 Å². The Hall–Kier alpha value is -1.55. The Morgan fingerprint density at radius 3 is 2.67 bits per heavy atom. The SMILES string of the molecule is CC(C)Oc1ccccc1NC(=O)CCN1CCCCC1. The molecule has 1 saturated heterocycles. The second-order valence-corrected chi connectivity index (χ2v) is 5.86. The van der Waals surface area contributed by atoms with Gasteiger partial charge < -0.3 is 15.0 Å². The van der Waals surface area contributed by atoms with Gasteiger partial charge >= 0.3 is 0 Å². The van der Waals surface area contributed by atoms with Gasteiger partial charge in [0.25, 0.3) is 0 Å². The maximum absolute atomic E-state index is 12.1. The summed E-state index contributed by atoms with van der Waals surface area (Å²) in [4.78, 5) is 14.5. The van der Waals surface area contributed by atoms with E-state index >= 15 is 0 Å². The minimum absolute atomic E-state index is 0.0559. The fraction of sp³-hybridized carbons (Fsp3) is 0.588. The van der Waals surface area contributed by atoms with Gasteiger partial charge in [0.2, 0.25) is 5.91 Å². The lowest BCUT2D eigenvalue weighted by Gasteiger charge is -2.26. The lowest BCUT2D eigenvalue weighted by atomic mass is 10.1. The average Bonchev–Trinajstić information content (AvgIpc) is 2.48. The zero-order valence-corrected chi connectivity index (χ0v) is 13.1. The van der Waals surface area contributed by atoms with Crippen molar-refractivity contribution in [1.82, 2.24) is 4.90 Å². The molecule has 0 bridgehead atoms. The van der Waals surface area contributed by atoms with E-state index in [1.165, 1.54) is 19.3 Å². The van der Waals surface area contributed by atoms with E-state index in [1.807, 2.05) is 38.1 Å². The predicted molar refractivity (Wildman–Crippen MR) is 85.7 cm³/mol. The quantitative estimate of drug-likeness (QED) is 0.874. The molecule has 1 fully saturated rings. The molecule has 4 nitrogen and oxygen atoms in total. The van der Waals surface area contributed by atoms with Crippen LogP contribution in [-0.2, 0) is 4.79 Å². The van der Waals surface area contributed by atoms with Crippen LogP contribution in [0, 0.1) is 0 Å². The Morgan fingerprint density at radius 2 is 1.95 bits per heavy atom. The molecule has 1 aliphatic rings. The molecule has 1 amide bonds. The molecule has 0 saturated carbocycles. The van der Waals surface area contributed by atoms with Crippen molar-refractivity contribution in [3.05, 3.63) is 24.3 Å². The molecule has 0 radical (unpaired) electrons. The van der Waals surface area contributed by atoms with Crippen LogP contribution in [0.1, 0.15) is 39.5 Å². The summed E-state index contributed by atoms with van der Waals surface area (Å²) in [5.74, 6) is 0.791. The summed E-state index contributed by atoms with van der Waals surface area (Å²) in [7, 11) is 0. The largest absolute Gasteiger partial charge is 0.489 e. The van der Waals surface area contributed by atoms with Gasteiger partial charge in [-0.05, 0) is 51.9 Å². The Labute approximate surface area is 127 Å². The summed E-state index contributed by atoms with van der Waals surface area (Å²) in [5.41, 5.74) is 0.759.